The van der Waals surface area contributed by atoms with Gasteiger partial charge in [0.05, 0.1) is 27.1 Å². The molecular weight excluding hydrogens is 571 g/mol. The van der Waals surface area contributed by atoms with Crippen molar-refractivity contribution in [2.24, 2.45) is 5.10 Å². The monoisotopic (exact) mass is 588 g/mol. The lowest BCUT2D eigenvalue weighted by molar-refractivity contribution is -0.385. The van der Waals surface area contributed by atoms with Crippen LogP contribution in [0.4, 0.5) is 5.69 Å². The zero-order chi connectivity index (χ0) is 26.0. The van der Waals surface area contributed by atoms with Crippen LogP contribution in [0.15, 0.2) is 69.0 Å². The lowest BCUT2D eigenvalue weighted by Gasteiger charge is -2.12. The molecule has 1 heterocycles. The van der Waals surface area contributed by atoms with E-state index >= 15 is 0 Å². The maximum Gasteiger partial charge on any atom is 0.313 e. The molecule has 0 N–H and O–H groups in total. The van der Waals surface area contributed by atoms with Crippen LogP contribution < -0.4 is 10.3 Å². The lowest BCUT2D eigenvalue weighted by atomic mass is 10.2. The molecule has 0 amide bonds. The van der Waals surface area contributed by atoms with Gasteiger partial charge >= 0.3 is 5.69 Å². The molecule has 4 aromatic rings. The predicted molar refractivity (Wildman–Crippen MR) is 145 cm³/mol. The van der Waals surface area contributed by atoms with E-state index in [-0.39, 0.29) is 34.5 Å². The molecule has 36 heavy (non-hydrogen) atoms. The molecule has 0 aliphatic carbocycles. The first kappa shape index (κ1) is 25.8. The first-order valence-corrected chi connectivity index (χ1v) is 12.3. The molecule has 0 aliphatic rings. The summed E-state index contributed by atoms with van der Waals surface area (Å²) >= 11 is 15.9. The summed E-state index contributed by atoms with van der Waals surface area (Å²) in [6.45, 7) is 3.79. The second kappa shape index (κ2) is 10.8. The van der Waals surface area contributed by atoms with E-state index in [1.54, 1.807) is 36.4 Å². The molecule has 8 nitrogen and oxygen atoms in total. The van der Waals surface area contributed by atoms with Crippen LogP contribution in [0, 0.1) is 10.1 Å². The number of aromatic nitrogens is 2. The molecule has 4 rings (SSSR count). The van der Waals surface area contributed by atoms with E-state index in [0.29, 0.717) is 32.9 Å². The maximum absolute atomic E-state index is 13.2. The molecule has 0 aliphatic heterocycles. The van der Waals surface area contributed by atoms with Gasteiger partial charge in [0.25, 0.3) is 5.56 Å². The number of hydrogen-bond donors (Lipinski definition) is 0. The average Bonchev–Trinajstić information content (AvgIpc) is 2.83. The van der Waals surface area contributed by atoms with E-state index in [4.69, 9.17) is 27.9 Å². The van der Waals surface area contributed by atoms with E-state index in [0.717, 1.165) is 4.47 Å². The van der Waals surface area contributed by atoms with Gasteiger partial charge in [-0.3, -0.25) is 14.9 Å². The molecule has 0 radical (unpaired) electrons. The van der Waals surface area contributed by atoms with Crippen molar-refractivity contribution < 1.29 is 9.66 Å². The van der Waals surface area contributed by atoms with Crippen molar-refractivity contribution >= 4 is 61.9 Å². The fraction of sp³-hybridized carbons (Fsp3) is 0.160. The summed E-state index contributed by atoms with van der Waals surface area (Å²) in [4.78, 5) is 29.0. The van der Waals surface area contributed by atoms with Crippen LogP contribution in [-0.2, 0) is 6.61 Å². The van der Waals surface area contributed by atoms with Gasteiger partial charge in [0.15, 0.2) is 0 Å². The fourth-order valence-electron chi connectivity index (χ4n) is 3.49. The molecule has 0 fully saturated rings. The molecule has 1 aromatic heterocycles. The van der Waals surface area contributed by atoms with Gasteiger partial charge in [0, 0.05) is 32.6 Å². The van der Waals surface area contributed by atoms with Crippen molar-refractivity contribution in [2.75, 3.05) is 0 Å². The van der Waals surface area contributed by atoms with Crippen molar-refractivity contribution in [1.29, 1.82) is 0 Å². The van der Waals surface area contributed by atoms with Crippen molar-refractivity contribution in [1.82, 2.24) is 9.66 Å². The first-order chi connectivity index (χ1) is 17.2. The summed E-state index contributed by atoms with van der Waals surface area (Å²) in [6.07, 6.45) is 1.33. The summed E-state index contributed by atoms with van der Waals surface area (Å²) in [5.41, 5.74) is 0.825. The number of nitrogens with zero attached hydrogens (tertiary/aromatic N) is 4. The quantitative estimate of drug-likeness (QED) is 0.132. The zero-order valence-corrected chi connectivity index (χ0v) is 22.2. The first-order valence-electron chi connectivity index (χ1n) is 10.8. The largest absolute Gasteiger partial charge is 0.481 e. The van der Waals surface area contributed by atoms with E-state index in [9.17, 15) is 14.9 Å². The van der Waals surface area contributed by atoms with Gasteiger partial charge in [-0.15, -0.1) is 0 Å². The summed E-state index contributed by atoms with van der Waals surface area (Å²) < 4.78 is 7.60. The predicted octanol–water partition coefficient (Wildman–Crippen LogP) is 6.96. The van der Waals surface area contributed by atoms with Crippen LogP contribution in [0.5, 0.6) is 5.75 Å². The Kier molecular flexibility index (Phi) is 7.73. The van der Waals surface area contributed by atoms with Gasteiger partial charge in [-0.25, -0.2) is 4.98 Å². The van der Waals surface area contributed by atoms with Crippen molar-refractivity contribution in [3.63, 3.8) is 0 Å². The van der Waals surface area contributed by atoms with Gasteiger partial charge < -0.3 is 4.74 Å². The van der Waals surface area contributed by atoms with E-state index < -0.39 is 4.92 Å². The smallest absolute Gasteiger partial charge is 0.313 e. The van der Waals surface area contributed by atoms with Crippen LogP contribution in [-0.4, -0.2) is 20.8 Å². The highest BCUT2D eigenvalue weighted by Gasteiger charge is 2.21. The Labute approximate surface area is 224 Å². The van der Waals surface area contributed by atoms with Gasteiger partial charge in [0.1, 0.15) is 12.4 Å². The molecule has 0 saturated heterocycles. The second-order valence-corrected chi connectivity index (χ2v) is 9.87. The lowest BCUT2D eigenvalue weighted by Crippen LogP contribution is -2.23. The Balaban J connectivity index is 1.73. The Morgan fingerprint density at radius 2 is 1.92 bits per heavy atom. The number of nitro groups is 1. The Bertz CT molecular complexity index is 1570. The standard InChI is InChI=1S/C25H19BrCl2N4O4/c1-14(2)24-30-21-8-7-17(26)11-18(21)25(33)31(24)29-12-15-9-20(28)23(22(10-15)32(34)35)36-13-16-5-3-4-6-19(16)27/h3-12,14H,13H2,1-2H3. The van der Waals surface area contributed by atoms with Crippen LogP contribution in [0.1, 0.15) is 36.7 Å². The average molecular weight is 590 g/mol. The molecule has 11 heteroatoms. The van der Waals surface area contributed by atoms with E-state index in [1.807, 2.05) is 19.9 Å². The van der Waals surface area contributed by atoms with Crippen LogP contribution in [0.2, 0.25) is 10.0 Å². The van der Waals surface area contributed by atoms with E-state index in [1.165, 1.54) is 23.0 Å². The van der Waals surface area contributed by atoms with Gasteiger partial charge in [-0.05, 0) is 30.3 Å². The number of ether oxygens (including phenoxy) is 1. The van der Waals surface area contributed by atoms with Gasteiger partial charge in [-0.2, -0.15) is 9.78 Å². The van der Waals surface area contributed by atoms with Gasteiger partial charge in [-0.1, -0.05) is 71.2 Å². The minimum Gasteiger partial charge on any atom is -0.481 e. The Hall–Kier alpha value is -3.27. The second-order valence-electron chi connectivity index (χ2n) is 8.14. The summed E-state index contributed by atoms with van der Waals surface area (Å²) in [5.74, 6) is 0.253. The number of hydrogen-bond acceptors (Lipinski definition) is 6. The maximum atomic E-state index is 13.2. The van der Waals surface area contributed by atoms with Gasteiger partial charge in [0.2, 0.25) is 5.75 Å². The fourth-order valence-corrected chi connectivity index (χ4v) is 4.32. The molecule has 184 valence electrons. The van der Waals surface area contributed by atoms with Crippen LogP contribution in [0.25, 0.3) is 10.9 Å². The SMILES string of the molecule is CC(C)c1nc2ccc(Br)cc2c(=O)n1N=Cc1cc(Cl)c(OCc2ccccc2Cl)c([N+](=O)[O-])c1. The summed E-state index contributed by atoms with van der Waals surface area (Å²) in [7, 11) is 0. The highest BCUT2D eigenvalue weighted by Crippen LogP contribution is 2.36. The number of fused-ring (bicyclic) bond motifs is 1. The number of halogens is 3. The van der Waals surface area contributed by atoms with Crippen molar-refractivity contribution in [2.45, 2.75) is 26.4 Å². The highest BCUT2D eigenvalue weighted by atomic mass is 79.9. The molecule has 3 aromatic carbocycles. The third kappa shape index (κ3) is 5.43. The van der Waals surface area contributed by atoms with E-state index in [2.05, 4.69) is 26.0 Å². The number of benzene rings is 3. The molecular formula is C25H19BrCl2N4O4. The molecule has 0 spiro atoms. The minimum absolute atomic E-state index is 0.000863. The number of rotatable bonds is 7. The van der Waals surface area contributed by atoms with Crippen molar-refractivity contribution in [3.05, 3.63) is 107 Å². The minimum atomic E-state index is -0.591. The normalized spacial score (nSPS) is 11.5. The Morgan fingerprint density at radius 1 is 1.17 bits per heavy atom. The zero-order valence-electron chi connectivity index (χ0n) is 19.1. The third-order valence-electron chi connectivity index (χ3n) is 5.24. The van der Waals surface area contributed by atoms with Crippen molar-refractivity contribution in [3.8, 4) is 5.75 Å². The molecule has 0 saturated carbocycles. The van der Waals surface area contributed by atoms with Crippen LogP contribution >= 0.6 is 39.1 Å². The summed E-state index contributed by atoms with van der Waals surface area (Å²) in [6, 6.07) is 15.0. The summed E-state index contributed by atoms with van der Waals surface area (Å²) in [5, 5.41) is 17.0. The molecule has 0 unspecified atom stereocenters. The number of nitro benzene ring substituents is 1. The highest BCUT2D eigenvalue weighted by molar-refractivity contribution is 9.10. The Morgan fingerprint density at radius 3 is 2.61 bits per heavy atom. The third-order valence-corrected chi connectivity index (χ3v) is 6.39. The molecule has 0 bridgehead atoms. The molecule has 0 atom stereocenters. The van der Waals surface area contributed by atoms with Crippen LogP contribution in [0.3, 0.4) is 0 Å². The topological polar surface area (TPSA) is 99.6 Å².